The van der Waals surface area contributed by atoms with E-state index in [9.17, 15) is 4.79 Å². The van der Waals surface area contributed by atoms with Crippen molar-refractivity contribution in [3.8, 4) is 10.6 Å². The Kier molecular flexibility index (Phi) is 4.91. The van der Waals surface area contributed by atoms with Crippen molar-refractivity contribution in [2.75, 3.05) is 5.32 Å². The summed E-state index contributed by atoms with van der Waals surface area (Å²) in [5, 5.41) is 6.70. The number of nitrogens with zero attached hydrogens (tertiary/aromatic N) is 1. The molecule has 0 bridgehead atoms. The molecule has 122 valence electrons. The molecule has 2 amide bonds. The molecule has 2 aromatic carbocycles. The molecule has 0 aliphatic carbocycles. The van der Waals surface area contributed by atoms with Crippen molar-refractivity contribution in [1.82, 2.24) is 10.3 Å². The minimum atomic E-state index is -0.215. The van der Waals surface area contributed by atoms with Gasteiger partial charge in [-0.15, -0.1) is 11.3 Å². The third-order valence-corrected chi connectivity index (χ3v) is 4.84. The lowest BCUT2D eigenvalue weighted by Crippen LogP contribution is -2.28. The van der Waals surface area contributed by atoms with Gasteiger partial charge < -0.3 is 10.6 Å². The van der Waals surface area contributed by atoms with E-state index in [1.54, 1.807) is 11.3 Å². The number of urea groups is 1. The number of nitrogens with one attached hydrogen (secondary N) is 2. The van der Waals surface area contributed by atoms with E-state index in [1.807, 2.05) is 68.4 Å². The van der Waals surface area contributed by atoms with Crippen LogP contribution in [0.1, 0.15) is 16.1 Å². The van der Waals surface area contributed by atoms with E-state index in [2.05, 4.69) is 15.6 Å². The Balaban J connectivity index is 1.61. The first-order valence-electron chi connectivity index (χ1n) is 7.75. The standard InChI is InChI=1S/C19H19N3OS/c1-13-8-10-16(11-9-13)22-19(23)20-12-17-14(2)21-18(24-17)15-6-4-3-5-7-15/h3-11H,12H2,1-2H3,(H2,20,22,23). The summed E-state index contributed by atoms with van der Waals surface area (Å²) >= 11 is 1.61. The van der Waals surface area contributed by atoms with Crippen LogP contribution in [-0.2, 0) is 6.54 Å². The van der Waals surface area contributed by atoms with Crippen molar-refractivity contribution < 1.29 is 4.79 Å². The van der Waals surface area contributed by atoms with Crippen LogP contribution in [-0.4, -0.2) is 11.0 Å². The third-order valence-electron chi connectivity index (χ3n) is 3.63. The number of carbonyl (C=O) groups excluding carboxylic acids is 1. The van der Waals surface area contributed by atoms with E-state index in [0.29, 0.717) is 6.54 Å². The number of hydrogen-bond acceptors (Lipinski definition) is 3. The number of amides is 2. The summed E-state index contributed by atoms with van der Waals surface area (Å²) in [7, 11) is 0. The Morgan fingerprint density at radius 3 is 2.46 bits per heavy atom. The molecule has 0 unspecified atom stereocenters. The monoisotopic (exact) mass is 337 g/mol. The van der Waals surface area contributed by atoms with E-state index < -0.39 is 0 Å². The van der Waals surface area contributed by atoms with Gasteiger partial charge in [0, 0.05) is 16.1 Å². The number of aromatic nitrogens is 1. The average Bonchev–Trinajstić information content (AvgIpc) is 2.97. The number of aryl methyl sites for hydroxylation is 2. The highest BCUT2D eigenvalue weighted by atomic mass is 32.1. The molecule has 3 rings (SSSR count). The average molecular weight is 337 g/mol. The van der Waals surface area contributed by atoms with Gasteiger partial charge in [0.05, 0.1) is 12.2 Å². The SMILES string of the molecule is Cc1ccc(NC(=O)NCc2sc(-c3ccccc3)nc2C)cc1. The lowest BCUT2D eigenvalue weighted by molar-refractivity contribution is 0.252. The van der Waals surface area contributed by atoms with Crippen molar-refractivity contribution in [3.63, 3.8) is 0 Å². The van der Waals surface area contributed by atoms with Crippen LogP contribution in [0, 0.1) is 13.8 Å². The zero-order valence-corrected chi connectivity index (χ0v) is 14.5. The van der Waals surface area contributed by atoms with Gasteiger partial charge >= 0.3 is 6.03 Å². The molecule has 0 saturated carbocycles. The highest BCUT2D eigenvalue weighted by molar-refractivity contribution is 7.15. The fraction of sp³-hybridized carbons (Fsp3) is 0.158. The zero-order chi connectivity index (χ0) is 16.9. The van der Waals surface area contributed by atoms with E-state index in [-0.39, 0.29) is 6.03 Å². The molecule has 0 saturated heterocycles. The first-order valence-corrected chi connectivity index (χ1v) is 8.57. The number of hydrogen-bond donors (Lipinski definition) is 2. The van der Waals surface area contributed by atoms with Gasteiger partial charge in [-0.3, -0.25) is 0 Å². The molecule has 0 aliphatic heterocycles. The van der Waals surface area contributed by atoms with Gasteiger partial charge in [0.1, 0.15) is 5.01 Å². The van der Waals surface area contributed by atoms with Gasteiger partial charge in [0.15, 0.2) is 0 Å². The van der Waals surface area contributed by atoms with Crippen molar-refractivity contribution in [3.05, 3.63) is 70.7 Å². The largest absolute Gasteiger partial charge is 0.333 e. The van der Waals surface area contributed by atoms with E-state index in [4.69, 9.17) is 0 Å². The van der Waals surface area contributed by atoms with Crippen LogP contribution >= 0.6 is 11.3 Å². The van der Waals surface area contributed by atoms with Gasteiger partial charge in [0.2, 0.25) is 0 Å². The van der Waals surface area contributed by atoms with E-state index in [1.165, 1.54) is 0 Å². The summed E-state index contributed by atoms with van der Waals surface area (Å²) in [5.74, 6) is 0. The van der Waals surface area contributed by atoms with Gasteiger partial charge in [-0.25, -0.2) is 9.78 Å². The van der Waals surface area contributed by atoms with Crippen LogP contribution in [0.25, 0.3) is 10.6 Å². The van der Waals surface area contributed by atoms with Gasteiger partial charge in [0.25, 0.3) is 0 Å². The predicted octanol–water partition coefficient (Wildman–Crippen LogP) is 4.75. The number of rotatable bonds is 4. The summed E-state index contributed by atoms with van der Waals surface area (Å²) in [6.45, 7) is 4.45. The van der Waals surface area contributed by atoms with E-state index in [0.717, 1.165) is 32.4 Å². The number of thiazole rings is 1. The second-order valence-electron chi connectivity index (χ2n) is 5.57. The fourth-order valence-electron chi connectivity index (χ4n) is 2.27. The number of carbonyl (C=O) groups is 1. The maximum Gasteiger partial charge on any atom is 0.319 e. The molecule has 0 fully saturated rings. The Hall–Kier alpha value is -2.66. The molecule has 2 N–H and O–H groups in total. The first kappa shape index (κ1) is 16.2. The van der Waals surface area contributed by atoms with Gasteiger partial charge in [-0.05, 0) is 26.0 Å². The molecular weight excluding hydrogens is 318 g/mol. The molecule has 24 heavy (non-hydrogen) atoms. The Morgan fingerprint density at radius 1 is 1.04 bits per heavy atom. The minimum Gasteiger partial charge on any atom is -0.333 e. The highest BCUT2D eigenvalue weighted by Gasteiger charge is 2.10. The summed E-state index contributed by atoms with van der Waals surface area (Å²) in [5.41, 5.74) is 3.99. The molecule has 4 nitrogen and oxygen atoms in total. The topological polar surface area (TPSA) is 54.0 Å². The van der Waals surface area contributed by atoms with E-state index >= 15 is 0 Å². The number of benzene rings is 2. The summed E-state index contributed by atoms with van der Waals surface area (Å²) in [4.78, 5) is 17.7. The zero-order valence-electron chi connectivity index (χ0n) is 13.7. The molecule has 0 radical (unpaired) electrons. The number of anilines is 1. The first-order chi connectivity index (χ1) is 11.6. The highest BCUT2D eigenvalue weighted by Crippen LogP contribution is 2.27. The molecule has 3 aromatic rings. The maximum absolute atomic E-state index is 12.0. The Labute approximate surface area is 145 Å². The van der Waals surface area contributed by atoms with Crippen LogP contribution in [0.15, 0.2) is 54.6 Å². The molecule has 5 heteroatoms. The quantitative estimate of drug-likeness (QED) is 0.722. The normalized spacial score (nSPS) is 10.4. The van der Waals surface area contributed by atoms with Crippen molar-refractivity contribution in [2.24, 2.45) is 0 Å². The van der Waals surface area contributed by atoms with Crippen molar-refractivity contribution >= 4 is 23.1 Å². The summed E-state index contributed by atoms with van der Waals surface area (Å²) < 4.78 is 0. The molecular formula is C19H19N3OS. The third kappa shape index (κ3) is 4.00. The Bertz CT molecular complexity index is 826. The van der Waals surface area contributed by atoms with Crippen LogP contribution in [0.4, 0.5) is 10.5 Å². The molecule has 0 spiro atoms. The second-order valence-corrected chi connectivity index (χ2v) is 6.65. The maximum atomic E-state index is 12.0. The second kappa shape index (κ2) is 7.27. The molecule has 1 aromatic heterocycles. The van der Waals surface area contributed by atoms with Gasteiger partial charge in [-0.2, -0.15) is 0 Å². The van der Waals surface area contributed by atoms with Crippen LogP contribution in [0.2, 0.25) is 0 Å². The lowest BCUT2D eigenvalue weighted by Gasteiger charge is -2.07. The fourth-order valence-corrected chi connectivity index (χ4v) is 3.28. The lowest BCUT2D eigenvalue weighted by atomic mass is 10.2. The summed E-state index contributed by atoms with van der Waals surface area (Å²) in [6.07, 6.45) is 0. The molecule has 1 heterocycles. The van der Waals surface area contributed by atoms with Crippen LogP contribution < -0.4 is 10.6 Å². The molecule has 0 atom stereocenters. The van der Waals surface area contributed by atoms with Crippen molar-refractivity contribution in [1.29, 1.82) is 0 Å². The molecule has 0 aliphatic rings. The Morgan fingerprint density at radius 2 is 1.75 bits per heavy atom. The summed E-state index contributed by atoms with van der Waals surface area (Å²) in [6, 6.07) is 17.6. The van der Waals surface area contributed by atoms with Gasteiger partial charge in [-0.1, -0.05) is 48.0 Å². The predicted molar refractivity (Wildman–Crippen MR) is 99.3 cm³/mol. The minimum absolute atomic E-state index is 0.215. The smallest absolute Gasteiger partial charge is 0.319 e. The van der Waals surface area contributed by atoms with Crippen LogP contribution in [0.3, 0.4) is 0 Å². The van der Waals surface area contributed by atoms with Crippen molar-refractivity contribution in [2.45, 2.75) is 20.4 Å². The van der Waals surface area contributed by atoms with Crippen LogP contribution in [0.5, 0.6) is 0 Å².